The van der Waals surface area contributed by atoms with Crippen molar-refractivity contribution in [2.24, 2.45) is 5.92 Å². The standard InChI is InChI=1S/C16H28N2O/c17-13-14-7-3-1-6-10-16(14)18-11-12-19-15-8-4-2-5-9-15/h14-16,18H,1-12H2. The largest absolute Gasteiger partial charge is 0.377 e. The fraction of sp³-hybridized carbons (Fsp3) is 0.938. The molecular formula is C16H28N2O. The molecule has 0 saturated heterocycles. The minimum Gasteiger partial charge on any atom is -0.377 e. The lowest BCUT2D eigenvalue weighted by molar-refractivity contribution is 0.0288. The van der Waals surface area contributed by atoms with Crippen LogP contribution in [0.2, 0.25) is 0 Å². The van der Waals surface area contributed by atoms with Gasteiger partial charge in [-0.25, -0.2) is 0 Å². The van der Waals surface area contributed by atoms with E-state index in [1.807, 2.05) is 0 Å². The Morgan fingerprint density at radius 1 is 0.947 bits per heavy atom. The van der Waals surface area contributed by atoms with E-state index in [1.165, 1.54) is 51.4 Å². The molecule has 0 heterocycles. The Bertz CT molecular complexity index is 281. The van der Waals surface area contributed by atoms with E-state index in [2.05, 4.69) is 11.4 Å². The predicted octanol–water partition coefficient (Wildman–Crippen LogP) is 3.40. The highest BCUT2D eigenvalue weighted by Gasteiger charge is 2.22. The molecule has 3 nitrogen and oxygen atoms in total. The van der Waals surface area contributed by atoms with E-state index in [1.54, 1.807) is 0 Å². The molecule has 0 aliphatic heterocycles. The van der Waals surface area contributed by atoms with Crippen LogP contribution in [0.1, 0.15) is 64.2 Å². The van der Waals surface area contributed by atoms with Gasteiger partial charge in [0.15, 0.2) is 0 Å². The van der Waals surface area contributed by atoms with Gasteiger partial charge in [0.05, 0.1) is 24.7 Å². The summed E-state index contributed by atoms with van der Waals surface area (Å²) in [4.78, 5) is 0. The molecule has 108 valence electrons. The third-order valence-corrected chi connectivity index (χ3v) is 4.60. The van der Waals surface area contributed by atoms with Crippen molar-refractivity contribution >= 4 is 0 Å². The normalized spacial score (nSPS) is 29.6. The van der Waals surface area contributed by atoms with Crippen LogP contribution in [0.25, 0.3) is 0 Å². The molecule has 0 radical (unpaired) electrons. The van der Waals surface area contributed by atoms with Crippen molar-refractivity contribution in [1.29, 1.82) is 5.26 Å². The molecule has 0 spiro atoms. The van der Waals surface area contributed by atoms with Gasteiger partial charge in [-0.3, -0.25) is 0 Å². The zero-order valence-electron chi connectivity index (χ0n) is 12.1. The average molecular weight is 264 g/mol. The van der Waals surface area contributed by atoms with Crippen LogP contribution in [-0.2, 0) is 4.74 Å². The van der Waals surface area contributed by atoms with E-state index in [-0.39, 0.29) is 5.92 Å². The van der Waals surface area contributed by atoms with Crippen LogP contribution in [0.3, 0.4) is 0 Å². The van der Waals surface area contributed by atoms with Gasteiger partial charge in [0, 0.05) is 12.6 Å². The second-order valence-corrected chi connectivity index (χ2v) is 6.07. The zero-order valence-corrected chi connectivity index (χ0v) is 12.1. The van der Waals surface area contributed by atoms with Crippen LogP contribution < -0.4 is 5.32 Å². The van der Waals surface area contributed by atoms with Gasteiger partial charge in [0.25, 0.3) is 0 Å². The van der Waals surface area contributed by atoms with E-state index in [0.717, 1.165) is 26.0 Å². The van der Waals surface area contributed by atoms with Crippen LogP contribution in [0, 0.1) is 17.2 Å². The van der Waals surface area contributed by atoms with Gasteiger partial charge in [-0.2, -0.15) is 5.26 Å². The maximum Gasteiger partial charge on any atom is 0.0672 e. The van der Waals surface area contributed by atoms with Gasteiger partial charge >= 0.3 is 0 Å². The first-order valence-corrected chi connectivity index (χ1v) is 8.15. The first-order valence-electron chi connectivity index (χ1n) is 8.15. The fourth-order valence-corrected chi connectivity index (χ4v) is 3.41. The van der Waals surface area contributed by atoms with Crippen LogP contribution in [0.5, 0.6) is 0 Å². The van der Waals surface area contributed by atoms with Crippen molar-refractivity contribution in [3.63, 3.8) is 0 Å². The van der Waals surface area contributed by atoms with Crippen LogP contribution >= 0.6 is 0 Å². The van der Waals surface area contributed by atoms with Gasteiger partial charge in [-0.1, -0.05) is 38.5 Å². The molecule has 2 saturated carbocycles. The molecule has 0 bridgehead atoms. The molecule has 19 heavy (non-hydrogen) atoms. The van der Waals surface area contributed by atoms with Crippen molar-refractivity contribution in [3.05, 3.63) is 0 Å². The van der Waals surface area contributed by atoms with Crippen molar-refractivity contribution < 1.29 is 4.74 Å². The van der Waals surface area contributed by atoms with Gasteiger partial charge in [0.2, 0.25) is 0 Å². The minimum absolute atomic E-state index is 0.206. The first kappa shape index (κ1) is 14.8. The van der Waals surface area contributed by atoms with Crippen LogP contribution in [-0.4, -0.2) is 25.3 Å². The highest BCUT2D eigenvalue weighted by molar-refractivity contribution is 4.93. The Kier molecular flexibility index (Phi) is 6.67. The van der Waals surface area contributed by atoms with E-state index < -0.39 is 0 Å². The topological polar surface area (TPSA) is 45.0 Å². The van der Waals surface area contributed by atoms with E-state index in [9.17, 15) is 5.26 Å². The molecule has 0 aromatic carbocycles. The second-order valence-electron chi connectivity index (χ2n) is 6.07. The molecule has 2 atom stereocenters. The van der Waals surface area contributed by atoms with Gasteiger partial charge in [0.1, 0.15) is 0 Å². The Morgan fingerprint density at radius 2 is 1.63 bits per heavy atom. The Morgan fingerprint density at radius 3 is 2.37 bits per heavy atom. The third kappa shape index (κ3) is 5.12. The summed E-state index contributed by atoms with van der Waals surface area (Å²) in [5.74, 6) is 0.206. The monoisotopic (exact) mass is 264 g/mol. The van der Waals surface area contributed by atoms with Crippen LogP contribution in [0.4, 0.5) is 0 Å². The summed E-state index contributed by atoms with van der Waals surface area (Å²) in [5.41, 5.74) is 0. The fourth-order valence-electron chi connectivity index (χ4n) is 3.41. The molecule has 1 N–H and O–H groups in total. The van der Waals surface area contributed by atoms with Crippen LogP contribution in [0.15, 0.2) is 0 Å². The number of hydrogen-bond acceptors (Lipinski definition) is 3. The maximum absolute atomic E-state index is 9.23. The first-order chi connectivity index (χ1) is 9.40. The third-order valence-electron chi connectivity index (χ3n) is 4.60. The number of nitriles is 1. The smallest absolute Gasteiger partial charge is 0.0672 e. The van der Waals surface area contributed by atoms with E-state index in [4.69, 9.17) is 4.74 Å². The molecule has 0 amide bonds. The van der Waals surface area contributed by atoms with E-state index in [0.29, 0.717) is 12.1 Å². The lowest BCUT2D eigenvalue weighted by Gasteiger charge is -2.24. The average Bonchev–Trinajstić information content (AvgIpc) is 2.69. The number of hydrogen-bond donors (Lipinski definition) is 1. The molecule has 2 fully saturated rings. The summed E-state index contributed by atoms with van der Waals surface area (Å²) < 4.78 is 5.93. The molecular weight excluding hydrogens is 236 g/mol. The molecule has 0 aromatic rings. The molecule has 2 unspecified atom stereocenters. The van der Waals surface area contributed by atoms with Gasteiger partial charge in [-0.15, -0.1) is 0 Å². The summed E-state index contributed by atoms with van der Waals surface area (Å²) in [6.45, 7) is 1.71. The molecule has 2 aliphatic carbocycles. The quantitative estimate of drug-likeness (QED) is 0.611. The zero-order chi connectivity index (χ0) is 13.3. The van der Waals surface area contributed by atoms with Gasteiger partial charge in [-0.05, 0) is 25.7 Å². The number of nitrogens with one attached hydrogen (secondary N) is 1. The lowest BCUT2D eigenvalue weighted by Crippen LogP contribution is -2.37. The Labute approximate surface area is 117 Å². The SMILES string of the molecule is N#CC1CCCCCC1NCCOC1CCCCC1. The summed E-state index contributed by atoms with van der Waals surface area (Å²) in [6.07, 6.45) is 13.0. The predicted molar refractivity (Wildman–Crippen MR) is 76.8 cm³/mol. The van der Waals surface area contributed by atoms with Crippen molar-refractivity contribution in [3.8, 4) is 6.07 Å². The second kappa shape index (κ2) is 8.55. The highest BCUT2D eigenvalue weighted by Crippen LogP contribution is 2.23. The molecule has 2 aliphatic rings. The van der Waals surface area contributed by atoms with E-state index >= 15 is 0 Å². The van der Waals surface area contributed by atoms with Gasteiger partial charge < -0.3 is 10.1 Å². The highest BCUT2D eigenvalue weighted by atomic mass is 16.5. The minimum atomic E-state index is 0.206. The number of nitrogens with zero attached hydrogens (tertiary/aromatic N) is 1. The summed E-state index contributed by atoms with van der Waals surface area (Å²) >= 11 is 0. The lowest BCUT2D eigenvalue weighted by atomic mass is 9.96. The maximum atomic E-state index is 9.23. The van der Waals surface area contributed by atoms with Crippen molar-refractivity contribution in [2.75, 3.05) is 13.2 Å². The van der Waals surface area contributed by atoms with Crippen molar-refractivity contribution in [1.82, 2.24) is 5.32 Å². The Hall–Kier alpha value is -0.590. The number of rotatable bonds is 5. The van der Waals surface area contributed by atoms with Crippen molar-refractivity contribution in [2.45, 2.75) is 76.4 Å². The molecule has 3 heteroatoms. The summed E-state index contributed by atoms with van der Waals surface area (Å²) in [7, 11) is 0. The molecule has 0 aromatic heterocycles. The summed E-state index contributed by atoms with van der Waals surface area (Å²) in [6, 6.07) is 2.87. The number of ether oxygens (including phenoxy) is 1. The Balaban J connectivity index is 1.61. The summed E-state index contributed by atoms with van der Waals surface area (Å²) in [5, 5.41) is 12.8. The molecule has 2 rings (SSSR count).